The highest BCUT2D eigenvalue weighted by atomic mass is 16.4. The van der Waals surface area contributed by atoms with Crippen molar-refractivity contribution in [2.24, 2.45) is 5.92 Å². The zero-order chi connectivity index (χ0) is 16.6. The number of rotatable bonds is 3. The topological polar surface area (TPSA) is 107 Å². The van der Waals surface area contributed by atoms with E-state index in [1.165, 1.54) is 9.80 Å². The number of amides is 4. The Kier molecular flexibility index (Phi) is 4.23. The van der Waals surface area contributed by atoms with Crippen LogP contribution in [0.4, 0.5) is 4.79 Å². The van der Waals surface area contributed by atoms with Gasteiger partial charge in [-0.3, -0.25) is 14.9 Å². The molecule has 2 saturated heterocycles. The number of nitrogens with zero attached hydrogens (tertiary/aromatic N) is 2. The van der Waals surface area contributed by atoms with Crippen molar-refractivity contribution >= 4 is 23.8 Å². The maximum Gasteiger partial charge on any atom is 0.326 e. The van der Waals surface area contributed by atoms with E-state index >= 15 is 0 Å². The van der Waals surface area contributed by atoms with E-state index in [1.54, 1.807) is 0 Å². The third-order valence-electron chi connectivity index (χ3n) is 5.13. The fourth-order valence-electron chi connectivity index (χ4n) is 4.03. The van der Waals surface area contributed by atoms with Crippen LogP contribution >= 0.6 is 0 Å². The fourth-order valence-corrected chi connectivity index (χ4v) is 4.03. The normalized spacial score (nSPS) is 30.9. The Morgan fingerprint density at radius 3 is 2.65 bits per heavy atom. The van der Waals surface area contributed by atoms with Gasteiger partial charge in [-0.25, -0.2) is 9.59 Å². The average molecular weight is 323 g/mol. The maximum atomic E-state index is 12.7. The van der Waals surface area contributed by atoms with E-state index in [2.05, 4.69) is 5.32 Å². The standard InChI is InChI=1S/C15H21N3O5/c19-12-5-6-17(15(23)16-12)8-13(20)18-10-4-2-1-3-9(10)7-11(18)14(21)22/h9-11H,1-8H2,(H,21,22)(H,16,19,23). The Labute approximate surface area is 133 Å². The number of nitrogens with one attached hydrogen (secondary N) is 1. The van der Waals surface area contributed by atoms with Crippen LogP contribution in [0.2, 0.25) is 0 Å². The van der Waals surface area contributed by atoms with E-state index in [0.29, 0.717) is 6.42 Å². The largest absolute Gasteiger partial charge is 0.480 e. The van der Waals surface area contributed by atoms with Gasteiger partial charge in [0, 0.05) is 19.0 Å². The van der Waals surface area contributed by atoms with Crippen LogP contribution in [-0.2, 0) is 14.4 Å². The van der Waals surface area contributed by atoms with Crippen LogP contribution in [0.15, 0.2) is 0 Å². The molecule has 3 fully saturated rings. The first-order valence-electron chi connectivity index (χ1n) is 8.10. The minimum atomic E-state index is -0.981. The molecule has 0 aromatic heterocycles. The molecule has 23 heavy (non-hydrogen) atoms. The average Bonchev–Trinajstić information content (AvgIpc) is 2.90. The van der Waals surface area contributed by atoms with Crippen molar-refractivity contribution in [3.8, 4) is 0 Å². The van der Waals surface area contributed by atoms with Gasteiger partial charge in [-0.1, -0.05) is 12.8 Å². The molecule has 0 radical (unpaired) electrons. The minimum absolute atomic E-state index is 0.0353. The highest BCUT2D eigenvalue weighted by molar-refractivity contribution is 5.98. The number of aliphatic carboxylic acids is 1. The van der Waals surface area contributed by atoms with Crippen molar-refractivity contribution in [3.05, 3.63) is 0 Å². The Morgan fingerprint density at radius 1 is 1.22 bits per heavy atom. The molecular weight excluding hydrogens is 302 g/mol. The van der Waals surface area contributed by atoms with Crippen molar-refractivity contribution in [2.45, 2.75) is 50.6 Å². The summed E-state index contributed by atoms with van der Waals surface area (Å²) in [6, 6.07) is -1.42. The van der Waals surface area contributed by atoms with Gasteiger partial charge in [-0.05, 0) is 25.2 Å². The number of carbonyl (C=O) groups is 4. The number of fused-ring (bicyclic) bond motifs is 1. The first-order valence-corrected chi connectivity index (χ1v) is 8.10. The summed E-state index contributed by atoms with van der Waals surface area (Å²) in [5.41, 5.74) is 0. The summed E-state index contributed by atoms with van der Waals surface area (Å²) >= 11 is 0. The number of carboxylic acids is 1. The predicted octanol–water partition coefficient (Wildman–Crippen LogP) is 0.173. The molecule has 2 heterocycles. The minimum Gasteiger partial charge on any atom is -0.480 e. The summed E-state index contributed by atoms with van der Waals surface area (Å²) in [5, 5.41) is 11.6. The molecule has 0 bridgehead atoms. The molecule has 8 heteroatoms. The number of hydrogen-bond donors (Lipinski definition) is 2. The van der Waals surface area contributed by atoms with Crippen molar-refractivity contribution in [3.63, 3.8) is 0 Å². The predicted molar refractivity (Wildman–Crippen MR) is 78.4 cm³/mol. The van der Waals surface area contributed by atoms with Gasteiger partial charge in [0.15, 0.2) is 0 Å². The molecular formula is C15H21N3O5. The number of carbonyl (C=O) groups excluding carboxylic acids is 3. The number of likely N-dealkylation sites (tertiary alicyclic amines) is 1. The lowest BCUT2D eigenvalue weighted by Crippen LogP contribution is -2.55. The SMILES string of the molecule is O=C1CCN(CC(=O)N2C(C(=O)O)CC3CCCCC32)C(=O)N1. The van der Waals surface area contributed by atoms with Gasteiger partial charge in [-0.2, -0.15) is 0 Å². The summed E-state index contributed by atoms with van der Waals surface area (Å²) in [4.78, 5) is 49.9. The fraction of sp³-hybridized carbons (Fsp3) is 0.733. The van der Waals surface area contributed by atoms with E-state index in [-0.39, 0.29) is 43.3 Å². The highest BCUT2D eigenvalue weighted by Crippen LogP contribution is 2.39. The third kappa shape index (κ3) is 3.02. The molecule has 3 atom stereocenters. The van der Waals surface area contributed by atoms with Gasteiger partial charge in [0.2, 0.25) is 11.8 Å². The van der Waals surface area contributed by atoms with Crippen LogP contribution in [0.3, 0.4) is 0 Å². The quantitative estimate of drug-likeness (QED) is 0.770. The van der Waals surface area contributed by atoms with Crippen LogP contribution in [-0.4, -0.2) is 63.9 Å². The van der Waals surface area contributed by atoms with Crippen molar-refractivity contribution < 1.29 is 24.3 Å². The van der Waals surface area contributed by atoms with Gasteiger partial charge in [0.1, 0.15) is 12.6 Å². The Hall–Kier alpha value is -2.12. The van der Waals surface area contributed by atoms with Crippen molar-refractivity contribution in [1.29, 1.82) is 0 Å². The summed E-state index contributed by atoms with van der Waals surface area (Å²) in [6.45, 7) is 0.0161. The maximum absolute atomic E-state index is 12.7. The lowest BCUT2D eigenvalue weighted by atomic mass is 9.85. The number of carboxylic acid groups (broad SMARTS) is 1. The summed E-state index contributed by atoms with van der Waals surface area (Å²) in [7, 11) is 0. The van der Waals surface area contributed by atoms with E-state index in [9.17, 15) is 24.3 Å². The van der Waals surface area contributed by atoms with E-state index < -0.39 is 18.0 Å². The zero-order valence-corrected chi connectivity index (χ0v) is 12.9. The van der Waals surface area contributed by atoms with Gasteiger partial charge in [-0.15, -0.1) is 0 Å². The number of urea groups is 1. The molecule has 4 amide bonds. The molecule has 2 aliphatic heterocycles. The zero-order valence-electron chi connectivity index (χ0n) is 12.9. The molecule has 3 rings (SSSR count). The Balaban J connectivity index is 1.72. The second-order valence-corrected chi connectivity index (χ2v) is 6.53. The summed E-state index contributed by atoms with van der Waals surface area (Å²) in [6.07, 6.45) is 4.51. The molecule has 1 saturated carbocycles. The monoisotopic (exact) mass is 323 g/mol. The summed E-state index contributed by atoms with van der Waals surface area (Å²) in [5.74, 6) is -1.43. The first kappa shape index (κ1) is 15.8. The second kappa shape index (κ2) is 6.17. The molecule has 2 N–H and O–H groups in total. The van der Waals surface area contributed by atoms with Crippen LogP contribution in [0, 0.1) is 5.92 Å². The van der Waals surface area contributed by atoms with Gasteiger partial charge < -0.3 is 14.9 Å². The van der Waals surface area contributed by atoms with Crippen LogP contribution in [0.5, 0.6) is 0 Å². The molecule has 0 spiro atoms. The number of hydrogen-bond acceptors (Lipinski definition) is 4. The van der Waals surface area contributed by atoms with Gasteiger partial charge >= 0.3 is 12.0 Å². The summed E-state index contributed by atoms with van der Waals surface area (Å²) < 4.78 is 0. The lowest BCUT2D eigenvalue weighted by Gasteiger charge is -2.35. The van der Waals surface area contributed by atoms with E-state index in [4.69, 9.17) is 0 Å². The van der Waals surface area contributed by atoms with Crippen LogP contribution in [0.25, 0.3) is 0 Å². The van der Waals surface area contributed by atoms with Gasteiger partial charge in [0.05, 0.1) is 0 Å². The molecule has 3 aliphatic rings. The van der Waals surface area contributed by atoms with Crippen molar-refractivity contribution in [1.82, 2.24) is 15.1 Å². The Morgan fingerprint density at radius 2 is 1.96 bits per heavy atom. The van der Waals surface area contributed by atoms with Crippen molar-refractivity contribution in [2.75, 3.05) is 13.1 Å². The smallest absolute Gasteiger partial charge is 0.326 e. The molecule has 0 aromatic rings. The molecule has 8 nitrogen and oxygen atoms in total. The molecule has 126 valence electrons. The van der Waals surface area contributed by atoms with E-state index in [1.807, 2.05) is 0 Å². The third-order valence-corrected chi connectivity index (χ3v) is 5.13. The van der Waals surface area contributed by atoms with Gasteiger partial charge in [0.25, 0.3) is 0 Å². The van der Waals surface area contributed by atoms with Crippen LogP contribution < -0.4 is 5.32 Å². The first-order chi connectivity index (χ1) is 11.0. The number of imide groups is 1. The lowest BCUT2D eigenvalue weighted by molar-refractivity contribution is -0.150. The highest BCUT2D eigenvalue weighted by Gasteiger charge is 2.47. The molecule has 3 unspecified atom stereocenters. The second-order valence-electron chi connectivity index (χ2n) is 6.53. The van der Waals surface area contributed by atoms with Crippen LogP contribution in [0.1, 0.15) is 38.5 Å². The Bertz CT molecular complexity index is 549. The molecule has 0 aromatic carbocycles. The van der Waals surface area contributed by atoms with E-state index in [0.717, 1.165) is 25.7 Å². The molecule has 1 aliphatic carbocycles.